The van der Waals surface area contributed by atoms with Crippen LogP contribution in [0.15, 0.2) is 84.9 Å². The largest absolute Gasteiger partial charge is 0.508 e. The lowest BCUT2D eigenvalue weighted by Crippen LogP contribution is -2.21. The molecule has 3 aromatic carbocycles. The van der Waals surface area contributed by atoms with Crippen LogP contribution in [0.3, 0.4) is 0 Å². The monoisotopic (exact) mass is 557 g/mol. The summed E-state index contributed by atoms with van der Waals surface area (Å²) in [4.78, 5) is 25.0. The van der Waals surface area contributed by atoms with E-state index >= 15 is 0 Å². The maximum absolute atomic E-state index is 12.6. The van der Waals surface area contributed by atoms with Gasteiger partial charge in [-0.2, -0.15) is 0 Å². The molecule has 0 fully saturated rings. The summed E-state index contributed by atoms with van der Waals surface area (Å²) in [6, 6.07) is 20.9. The first kappa shape index (κ1) is 24.1. The number of aromatic hydroxyl groups is 1. The van der Waals surface area contributed by atoms with E-state index in [-0.39, 0.29) is 11.7 Å². The van der Waals surface area contributed by atoms with Crippen molar-refractivity contribution >= 4 is 51.7 Å². The van der Waals surface area contributed by atoms with Gasteiger partial charge in [0.25, 0.3) is 0 Å². The molecular formula is C25H24IN3O4. The van der Waals surface area contributed by atoms with Crippen molar-refractivity contribution in [2.45, 2.75) is 13.0 Å². The van der Waals surface area contributed by atoms with E-state index in [4.69, 9.17) is 10.5 Å². The molecule has 0 aliphatic heterocycles. The van der Waals surface area contributed by atoms with E-state index in [1.165, 1.54) is 6.08 Å². The molecule has 0 saturated carbocycles. The van der Waals surface area contributed by atoms with E-state index in [1.807, 2.05) is 6.07 Å². The number of carbonyl (C=O) groups is 2. The summed E-state index contributed by atoms with van der Waals surface area (Å²) in [6.45, 7) is 1.79. The van der Waals surface area contributed by atoms with Crippen LogP contribution in [0.2, 0.25) is 0 Å². The Bertz CT molecular complexity index is 1150. The van der Waals surface area contributed by atoms with E-state index in [2.05, 4.69) is 33.2 Å². The van der Waals surface area contributed by atoms with Crippen molar-refractivity contribution in [1.82, 2.24) is 0 Å². The normalized spacial score (nSPS) is 12.7. The van der Waals surface area contributed by atoms with Gasteiger partial charge in [-0.1, -0.05) is 43.3 Å². The third-order valence-electron chi connectivity index (χ3n) is 4.80. The zero-order chi connectivity index (χ0) is 23.8. The van der Waals surface area contributed by atoms with E-state index in [0.29, 0.717) is 22.6 Å². The van der Waals surface area contributed by atoms with Gasteiger partial charge >= 0.3 is 6.09 Å². The van der Waals surface area contributed by atoms with Crippen LogP contribution >= 0.6 is 22.6 Å². The van der Waals surface area contributed by atoms with Gasteiger partial charge in [0.1, 0.15) is 11.9 Å². The van der Waals surface area contributed by atoms with Crippen molar-refractivity contribution < 1.29 is 19.4 Å². The second-order valence-corrected chi connectivity index (χ2v) is 8.56. The molecule has 0 spiro atoms. The number of amides is 2. The molecule has 0 aliphatic carbocycles. The molecular weight excluding hydrogens is 533 g/mol. The topological polar surface area (TPSA) is 114 Å². The van der Waals surface area contributed by atoms with Crippen molar-refractivity contribution in [1.29, 1.82) is 0 Å². The quantitative estimate of drug-likeness (QED) is 0.169. The molecule has 0 aromatic heterocycles. The number of hydrogen-bond acceptors (Lipinski definition) is 5. The average Bonchev–Trinajstić information content (AvgIpc) is 2.80. The maximum Gasteiger partial charge on any atom is 0.412 e. The lowest BCUT2D eigenvalue weighted by atomic mass is 9.96. The van der Waals surface area contributed by atoms with Gasteiger partial charge < -0.3 is 20.9 Å². The summed E-state index contributed by atoms with van der Waals surface area (Å²) < 4.78 is 6.56. The number of benzene rings is 3. The van der Waals surface area contributed by atoms with Crippen LogP contribution in [-0.4, -0.2) is 17.1 Å². The molecule has 170 valence electrons. The second kappa shape index (κ2) is 11.4. The zero-order valence-corrected chi connectivity index (χ0v) is 20.0. The Morgan fingerprint density at radius 2 is 1.73 bits per heavy atom. The molecule has 8 heteroatoms. The first-order valence-corrected chi connectivity index (χ1v) is 11.3. The van der Waals surface area contributed by atoms with Gasteiger partial charge in [0.2, 0.25) is 5.91 Å². The number of hydrogen-bond donors (Lipinski definition) is 4. The van der Waals surface area contributed by atoms with Crippen molar-refractivity contribution in [3.63, 3.8) is 0 Å². The summed E-state index contributed by atoms with van der Waals surface area (Å²) in [5.41, 5.74) is 7.84. The minimum absolute atomic E-state index is 0.00492. The minimum Gasteiger partial charge on any atom is -0.508 e. The lowest BCUT2D eigenvalue weighted by molar-refractivity contribution is -0.111. The molecule has 3 rings (SSSR count). The van der Waals surface area contributed by atoms with Crippen LogP contribution in [0.1, 0.15) is 18.6 Å². The number of phenols is 1. The van der Waals surface area contributed by atoms with Gasteiger partial charge in [0.15, 0.2) is 0 Å². The summed E-state index contributed by atoms with van der Waals surface area (Å²) in [6.07, 6.45) is 1.46. The van der Waals surface area contributed by atoms with Gasteiger partial charge in [0.05, 0.1) is 11.4 Å². The molecule has 0 saturated heterocycles. The van der Waals surface area contributed by atoms with Gasteiger partial charge in [-0.3, -0.25) is 10.1 Å². The highest BCUT2D eigenvalue weighted by Gasteiger charge is 2.25. The summed E-state index contributed by atoms with van der Waals surface area (Å²) in [5.74, 6) is -0.816. The third kappa shape index (κ3) is 6.98. The second-order valence-electron chi connectivity index (χ2n) is 7.31. The van der Waals surface area contributed by atoms with E-state index in [1.54, 1.807) is 79.7 Å². The number of halogens is 1. The smallest absolute Gasteiger partial charge is 0.412 e. The lowest BCUT2D eigenvalue weighted by Gasteiger charge is -2.23. The molecule has 0 heterocycles. The van der Waals surface area contributed by atoms with Gasteiger partial charge in [-0.15, -0.1) is 0 Å². The Labute approximate surface area is 205 Å². The molecule has 0 radical (unpaired) electrons. The predicted octanol–water partition coefficient (Wildman–Crippen LogP) is 5.70. The van der Waals surface area contributed by atoms with E-state index in [0.717, 1.165) is 3.57 Å². The Balaban J connectivity index is 1.78. The number of ether oxygens (including phenoxy) is 1. The van der Waals surface area contributed by atoms with E-state index < -0.39 is 18.1 Å². The molecule has 0 bridgehead atoms. The minimum atomic E-state index is -0.839. The van der Waals surface area contributed by atoms with Crippen molar-refractivity contribution in [3.05, 3.63) is 94.1 Å². The fraction of sp³-hybridized carbons (Fsp3) is 0.120. The van der Waals surface area contributed by atoms with Crippen LogP contribution < -0.4 is 16.4 Å². The number of nitrogens with two attached hydrogens (primary N) is 1. The van der Waals surface area contributed by atoms with Crippen molar-refractivity contribution in [2.75, 3.05) is 16.4 Å². The highest BCUT2D eigenvalue weighted by Crippen LogP contribution is 2.34. The van der Waals surface area contributed by atoms with Crippen LogP contribution in [0.5, 0.6) is 5.75 Å². The van der Waals surface area contributed by atoms with E-state index in [9.17, 15) is 14.7 Å². The molecule has 0 unspecified atom stereocenters. The predicted molar refractivity (Wildman–Crippen MR) is 138 cm³/mol. The SMILES string of the molecule is C[C@@H](/C=C/C(=O)Nc1ccccc1N)[C@H](OC(=O)Nc1ccccc1)c1cc(I)ccc1O. The fourth-order valence-corrected chi connectivity index (χ4v) is 3.63. The summed E-state index contributed by atoms with van der Waals surface area (Å²) >= 11 is 2.12. The van der Waals surface area contributed by atoms with Crippen LogP contribution in [0.4, 0.5) is 21.9 Å². The molecule has 5 N–H and O–H groups in total. The first-order chi connectivity index (χ1) is 15.8. The summed E-state index contributed by atoms with van der Waals surface area (Å²) in [5, 5.41) is 15.8. The number of nitrogens with one attached hydrogen (secondary N) is 2. The highest BCUT2D eigenvalue weighted by atomic mass is 127. The van der Waals surface area contributed by atoms with Crippen LogP contribution in [0.25, 0.3) is 0 Å². The van der Waals surface area contributed by atoms with Crippen molar-refractivity contribution in [2.24, 2.45) is 5.92 Å². The molecule has 3 aromatic rings. The Morgan fingerprint density at radius 1 is 1.03 bits per heavy atom. The number of phenolic OH excluding ortho intramolecular Hbond substituents is 1. The standard InChI is InChI=1S/C25H24IN3O4/c1-16(11-14-23(31)29-21-10-6-5-9-20(21)27)24(19-15-17(26)12-13-22(19)30)33-25(32)28-18-7-3-2-4-8-18/h2-16,24,30H,27H2,1H3,(H,28,32)(H,29,31)/b14-11+/t16-,24-/m0/s1. The van der Waals surface area contributed by atoms with Crippen LogP contribution in [0, 0.1) is 9.49 Å². The number of rotatable bonds is 7. The molecule has 7 nitrogen and oxygen atoms in total. The van der Waals surface area contributed by atoms with Gasteiger partial charge in [-0.25, -0.2) is 4.79 Å². The molecule has 2 atom stereocenters. The number of nitrogen functional groups attached to an aromatic ring is 1. The third-order valence-corrected chi connectivity index (χ3v) is 5.47. The van der Waals surface area contributed by atoms with Crippen molar-refractivity contribution in [3.8, 4) is 5.75 Å². The summed E-state index contributed by atoms with van der Waals surface area (Å²) in [7, 11) is 0. The molecule has 33 heavy (non-hydrogen) atoms. The number of anilines is 3. The molecule has 2 amide bonds. The fourth-order valence-electron chi connectivity index (χ4n) is 3.12. The van der Waals surface area contributed by atoms with Crippen LogP contribution in [-0.2, 0) is 9.53 Å². The number of para-hydroxylation sites is 3. The highest BCUT2D eigenvalue weighted by molar-refractivity contribution is 14.1. The maximum atomic E-state index is 12.6. The average molecular weight is 557 g/mol. The van der Waals surface area contributed by atoms with Gasteiger partial charge in [-0.05, 0) is 71.1 Å². The Hall–Kier alpha value is -3.53. The van der Waals surface area contributed by atoms with Gasteiger partial charge in [0, 0.05) is 20.7 Å². The number of carbonyl (C=O) groups excluding carboxylic acids is 2. The Kier molecular flexibility index (Phi) is 8.31. The Morgan fingerprint density at radius 3 is 2.45 bits per heavy atom. The first-order valence-electron chi connectivity index (χ1n) is 10.2. The molecule has 0 aliphatic rings. The zero-order valence-electron chi connectivity index (χ0n) is 17.9.